The third kappa shape index (κ3) is 2.82. The van der Waals surface area contributed by atoms with Crippen molar-refractivity contribution in [2.24, 2.45) is 0 Å². The van der Waals surface area contributed by atoms with Gasteiger partial charge in [0, 0.05) is 5.54 Å². The van der Waals surface area contributed by atoms with E-state index in [1.165, 1.54) is 58.2 Å². The van der Waals surface area contributed by atoms with Crippen LogP contribution in [-0.4, -0.2) is 7.38 Å². The van der Waals surface area contributed by atoms with Crippen LogP contribution in [-0.2, 0) is 12.8 Å². The number of hydrogen-bond acceptors (Lipinski definition) is 0. The summed E-state index contributed by atoms with van der Waals surface area (Å²) in [5.74, 6) is 0. The van der Waals surface area contributed by atoms with Crippen molar-refractivity contribution in [3.63, 3.8) is 0 Å². The fourth-order valence-corrected chi connectivity index (χ4v) is 8.11. The normalized spacial score (nSPS) is 19.0. The molecule has 0 N–H and O–H groups in total. The molecule has 130 valence electrons. The van der Waals surface area contributed by atoms with Crippen LogP contribution in [0.5, 0.6) is 0 Å². The number of benzene rings is 2. The molecule has 0 aromatic heterocycles. The Balaban J connectivity index is 2.03. The molecule has 1 atom stereocenters. The predicted octanol–water partition coefficient (Wildman–Crippen LogP) is 6.94. The fourth-order valence-electron chi connectivity index (χ4n) is 5.09. The zero-order chi connectivity index (χ0) is 17.9. The summed E-state index contributed by atoms with van der Waals surface area (Å²) >= 11 is 6.96. The first-order valence-corrected chi connectivity index (χ1v) is 13.5. The van der Waals surface area contributed by atoms with Crippen molar-refractivity contribution in [3.8, 4) is 11.1 Å². The SMILES string of the molecule is CC1=Cc2c(cc3c(c2-c2cc(C)cc(C)c2)CCC3)C1[Si](C)(C)Cl. The molecule has 2 heteroatoms. The van der Waals surface area contributed by atoms with Crippen LogP contribution in [0.3, 0.4) is 0 Å². The maximum absolute atomic E-state index is 6.96. The molecule has 0 amide bonds. The van der Waals surface area contributed by atoms with Crippen molar-refractivity contribution in [3.05, 3.63) is 63.2 Å². The molecular formula is C23H27ClSi. The Hall–Kier alpha value is -1.31. The van der Waals surface area contributed by atoms with E-state index >= 15 is 0 Å². The Labute approximate surface area is 157 Å². The van der Waals surface area contributed by atoms with Crippen molar-refractivity contribution >= 4 is 24.5 Å². The molecule has 2 aliphatic rings. The molecular weight excluding hydrogens is 340 g/mol. The highest BCUT2D eigenvalue weighted by atomic mass is 35.6. The Kier molecular flexibility index (Phi) is 4.01. The molecule has 2 aliphatic carbocycles. The molecule has 25 heavy (non-hydrogen) atoms. The zero-order valence-electron chi connectivity index (χ0n) is 16.0. The first kappa shape index (κ1) is 17.1. The van der Waals surface area contributed by atoms with Crippen LogP contribution >= 0.6 is 11.1 Å². The second-order valence-electron chi connectivity index (χ2n) is 8.51. The Morgan fingerprint density at radius 2 is 1.64 bits per heavy atom. The monoisotopic (exact) mass is 366 g/mol. The average Bonchev–Trinajstić information content (AvgIpc) is 3.05. The number of aryl methyl sites for hydroxylation is 3. The summed E-state index contributed by atoms with van der Waals surface area (Å²) in [7, 11) is -1.81. The minimum absolute atomic E-state index is 0.444. The minimum Gasteiger partial charge on any atom is -0.167 e. The van der Waals surface area contributed by atoms with Gasteiger partial charge in [0.25, 0.3) is 0 Å². The van der Waals surface area contributed by atoms with Crippen LogP contribution in [0.2, 0.25) is 13.1 Å². The first-order valence-electron chi connectivity index (χ1n) is 9.40. The maximum atomic E-state index is 6.96. The number of hydrogen-bond donors (Lipinski definition) is 0. The van der Waals surface area contributed by atoms with Crippen LogP contribution in [0.15, 0.2) is 29.8 Å². The molecule has 0 saturated carbocycles. The maximum Gasteiger partial charge on any atom is 0.161 e. The summed E-state index contributed by atoms with van der Waals surface area (Å²) in [5, 5.41) is 0. The molecule has 0 saturated heterocycles. The lowest BCUT2D eigenvalue weighted by Gasteiger charge is -2.26. The van der Waals surface area contributed by atoms with Crippen LogP contribution in [0.1, 0.15) is 52.3 Å². The molecule has 2 aromatic carbocycles. The molecule has 0 fully saturated rings. The molecule has 0 heterocycles. The van der Waals surface area contributed by atoms with Gasteiger partial charge in [-0.25, -0.2) is 0 Å². The molecule has 0 radical (unpaired) electrons. The number of fused-ring (bicyclic) bond motifs is 2. The lowest BCUT2D eigenvalue weighted by atomic mass is 9.88. The number of rotatable bonds is 2. The van der Waals surface area contributed by atoms with Crippen LogP contribution in [0.25, 0.3) is 17.2 Å². The van der Waals surface area contributed by atoms with Gasteiger partial charge in [-0.3, -0.25) is 0 Å². The fraction of sp³-hybridized carbons (Fsp3) is 0.391. The predicted molar refractivity (Wildman–Crippen MR) is 113 cm³/mol. The van der Waals surface area contributed by atoms with E-state index in [9.17, 15) is 0 Å². The smallest absolute Gasteiger partial charge is 0.161 e. The molecule has 4 rings (SSSR count). The summed E-state index contributed by atoms with van der Waals surface area (Å²) in [4.78, 5) is 0. The number of halogens is 1. The van der Waals surface area contributed by atoms with Crippen LogP contribution < -0.4 is 0 Å². The van der Waals surface area contributed by atoms with Crippen molar-refractivity contribution in [2.45, 2.75) is 58.7 Å². The first-order chi connectivity index (χ1) is 11.8. The molecule has 0 nitrogen and oxygen atoms in total. The van der Waals surface area contributed by atoms with Gasteiger partial charge >= 0.3 is 0 Å². The van der Waals surface area contributed by atoms with Crippen molar-refractivity contribution in [1.82, 2.24) is 0 Å². The summed E-state index contributed by atoms with van der Waals surface area (Å²) in [6, 6.07) is 9.49. The lowest BCUT2D eigenvalue weighted by Crippen LogP contribution is -2.28. The lowest BCUT2D eigenvalue weighted by molar-refractivity contribution is 0.911. The van der Waals surface area contributed by atoms with Gasteiger partial charge in [-0.2, -0.15) is 11.1 Å². The summed E-state index contributed by atoms with van der Waals surface area (Å²) in [6.07, 6.45) is 6.15. The van der Waals surface area contributed by atoms with Crippen LogP contribution in [0.4, 0.5) is 0 Å². The third-order valence-corrected chi connectivity index (χ3v) is 8.60. The summed E-state index contributed by atoms with van der Waals surface area (Å²) < 4.78 is 0. The van der Waals surface area contributed by atoms with Gasteiger partial charge in [0.05, 0.1) is 0 Å². The molecule has 0 bridgehead atoms. The Morgan fingerprint density at radius 1 is 0.960 bits per heavy atom. The summed E-state index contributed by atoms with van der Waals surface area (Å²) in [6.45, 7) is 11.3. The third-order valence-electron chi connectivity index (χ3n) is 5.81. The van der Waals surface area contributed by atoms with Crippen molar-refractivity contribution in [1.29, 1.82) is 0 Å². The standard InChI is InChI=1S/C23H27ClSi/c1-14-9-15(2)11-18(10-14)22-19-8-6-7-17(19)13-21-20(22)12-16(3)23(21)25(4,5)24/h9-13,23H,6-8H2,1-5H3. The van der Waals surface area contributed by atoms with Gasteiger partial charge in [-0.05, 0) is 73.4 Å². The second-order valence-corrected chi connectivity index (χ2v) is 15.1. The molecule has 0 aliphatic heterocycles. The van der Waals surface area contributed by atoms with E-state index in [1.54, 1.807) is 11.1 Å². The van der Waals surface area contributed by atoms with Gasteiger partial charge in [-0.15, -0.1) is 0 Å². The topological polar surface area (TPSA) is 0 Å². The molecule has 2 aromatic rings. The van der Waals surface area contributed by atoms with Crippen molar-refractivity contribution < 1.29 is 0 Å². The van der Waals surface area contributed by atoms with Crippen molar-refractivity contribution in [2.75, 3.05) is 0 Å². The van der Waals surface area contributed by atoms with E-state index in [2.05, 4.69) is 64.2 Å². The van der Waals surface area contributed by atoms with Gasteiger partial charge in [0.2, 0.25) is 0 Å². The number of allylic oxidation sites excluding steroid dienone is 1. The zero-order valence-corrected chi connectivity index (χ0v) is 17.7. The van der Waals surface area contributed by atoms with Gasteiger partial charge < -0.3 is 0 Å². The largest absolute Gasteiger partial charge is 0.167 e. The minimum atomic E-state index is -1.81. The van der Waals surface area contributed by atoms with E-state index in [0.29, 0.717) is 5.54 Å². The highest BCUT2D eigenvalue weighted by Gasteiger charge is 2.39. The molecule has 1 unspecified atom stereocenters. The van der Waals surface area contributed by atoms with E-state index in [0.717, 1.165) is 0 Å². The second kappa shape index (κ2) is 5.86. The van der Waals surface area contributed by atoms with E-state index in [-0.39, 0.29) is 0 Å². The van der Waals surface area contributed by atoms with Gasteiger partial charge in [0.1, 0.15) is 0 Å². The summed E-state index contributed by atoms with van der Waals surface area (Å²) in [5.41, 5.74) is 13.6. The highest BCUT2D eigenvalue weighted by Crippen LogP contribution is 2.49. The molecule has 0 spiro atoms. The van der Waals surface area contributed by atoms with E-state index in [1.807, 2.05) is 0 Å². The average molecular weight is 367 g/mol. The highest BCUT2D eigenvalue weighted by molar-refractivity contribution is 7.20. The Bertz CT molecular complexity index is 879. The quantitative estimate of drug-likeness (QED) is 0.398. The van der Waals surface area contributed by atoms with E-state index < -0.39 is 7.38 Å². The van der Waals surface area contributed by atoms with Gasteiger partial charge in [0.15, 0.2) is 7.38 Å². The Morgan fingerprint density at radius 3 is 2.28 bits per heavy atom. The van der Waals surface area contributed by atoms with E-state index in [4.69, 9.17) is 11.1 Å². The van der Waals surface area contributed by atoms with Crippen LogP contribution in [0, 0.1) is 13.8 Å². The van der Waals surface area contributed by atoms with Gasteiger partial charge in [-0.1, -0.05) is 60.1 Å².